The molecular formula is C14H15FN2O3S. The van der Waals surface area contributed by atoms with Crippen LogP contribution < -0.4 is 10.5 Å². The minimum atomic E-state index is -3.88. The molecule has 0 saturated carbocycles. The zero-order valence-corrected chi connectivity index (χ0v) is 12.1. The van der Waals surface area contributed by atoms with Crippen LogP contribution in [-0.2, 0) is 16.6 Å². The molecule has 2 rings (SSSR count). The van der Waals surface area contributed by atoms with Gasteiger partial charge in [0.15, 0.2) is 0 Å². The van der Waals surface area contributed by atoms with Gasteiger partial charge in [-0.05, 0) is 42.8 Å². The highest BCUT2D eigenvalue weighted by molar-refractivity contribution is 7.89. The van der Waals surface area contributed by atoms with E-state index in [9.17, 15) is 17.9 Å². The van der Waals surface area contributed by atoms with Gasteiger partial charge < -0.3 is 10.8 Å². The third-order valence-electron chi connectivity index (χ3n) is 3.00. The van der Waals surface area contributed by atoms with E-state index < -0.39 is 15.8 Å². The van der Waals surface area contributed by atoms with Gasteiger partial charge in [0.25, 0.3) is 0 Å². The Bertz CT molecular complexity index is 776. The van der Waals surface area contributed by atoms with Crippen molar-refractivity contribution in [1.29, 1.82) is 0 Å². The van der Waals surface area contributed by atoms with Crippen LogP contribution in [0.15, 0.2) is 41.3 Å². The lowest BCUT2D eigenvalue weighted by Gasteiger charge is -2.11. The number of hydrogen-bond acceptors (Lipinski definition) is 4. The number of nitrogen functional groups attached to an aromatic ring is 1. The Morgan fingerprint density at radius 2 is 1.95 bits per heavy atom. The van der Waals surface area contributed by atoms with Gasteiger partial charge in [-0.2, -0.15) is 0 Å². The van der Waals surface area contributed by atoms with Gasteiger partial charge in [-0.3, -0.25) is 0 Å². The lowest BCUT2D eigenvalue weighted by molar-refractivity contribution is 0.467. The van der Waals surface area contributed by atoms with Crippen LogP contribution in [0.1, 0.15) is 11.1 Å². The highest BCUT2D eigenvalue weighted by Gasteiger charge is 2.18. The summed E-state index contributed by atoms with van der Waals surface area (Å²) in [6.45, 7) is 1.43. The van der Waals surface area contributed by atoms with Gasteiger partial charge in [0, 0.05) is 17.8 Å². The largest absolute Gasteiger partial charge is 0.508 e. The summed E-state index contributed by atoms with van der Waals surface area (Å²) < 4.78 is 39.9. The van der Waals surface area contributed by atoms with Crippen LogP contribution in [0.5, 0.6) is 5.75 Å². The fourth-order valence-electron chi connectivity index (χ4n) is 1.86. The Morgan fingerprint density at radius 1 is 1.24 bits per heavy atom. The van der Waals surface area contributed by atoms with Crippen molar-refractivity contribution in [2.75, 3.05) is 5.73 Å². The molecule has 0 aliphatic carbocycles. The number of rotatable bonds is 4. The van der Waals surface area contributed by atoms with E-state index in [1.54, 1.807) is 6.92 Å². The van der Waals surface area contributed by atoms with E-state index in [0.29, 0.717) is 16.8 Å². The SMILES string of the molecule is Cc1ccc(F)cc1S(=O)(=O)NCc1cc(N)ccc1O. The molecule has 0 unspecified atom stereocenters. The number of halogens is 1. The second kappa shape index (κ2) is 5.71. The monoisotopic (exact) mass is 310 g/mol. The van der Waals surface area contributed by atoms with Gasteiger partial charge in [0.1, 0.15) is 11.6 Å². The molecule has 0 amide bonds. The number of sulfonamides is 1. The first-order chi connectivity index (χ1) is 9.79. The molecule has 2 aromatic carbocycles. The van der Waals surface area contributed by atoms with Crippen LogP contribution in [0.2, 0.25) is 0 Å². The fraction of sp³-hybridized carbons (Fsp3) is 0.143. The van der Waals surface area contributed by atoms with Crippen molar-refractivity contribution in [3.63, 3.8) is 0 Å². The van der Waals surface area contributed by atoms with Gasteiger partial charge in [-0.15, -0.1) is 0 Å². The number of phenolic OH excluding ortho intramolecular Hbond substituents is 1. The first-order valence-corrected chi connectivity index (χ1v) is 7.61. The summed E-state index contributed by atoms with van der Waals surface area (Å²) in [4.78, 5) is -0.133. The van der Waals surface area contributed by atoms with Crippen molar-refractivity contribution in [2.45, 2.75) is 18.4 Å². The molecule has 112 valence electrons. The summed E-state index contributed by atoms with van der Waals surface area (Å²) >= 11 is 0. The average Bonchev–Trinajstić information content (AvgIpc) is 2.42. The summed E-state index contributed by atoms with van der Waals surface area (Å²) in [6.07, 6.45) is 0. The molecule has 0 aliphatic heterocycles. The van der Waals surface area contributed by atoms with Crippen LogP contribution in [0.3, 0.4) is 0 Å². The van der Waals surface area contributed by atoms with E-state index in [0.717, 1.165) is 6.07 Å². The molecule has 0 fully saturated rings. The van der Waals surface area contributed by atoms with E-state index in [1.165, 1.54) is 30.3 Å². The third-order valence-corrected chi connectivity index (χ3v) is 4.54. The van der Waals surface area contributed by atoms with Crippen LogP contribution in [0.4, 0.5) is 10.1 Å². The average molecular weight is 310 g/mol. The molecule has 0 aromatic heterocycles. The number of hydrogen-bond donors (Lipinski definition) is 3. The van der Waals surface area contributed by atoms with Crippen LogP contribution >= 0.6 is 0 Å². The van der Waals surface area contributed by atoms with Crippen molar-refractivity contribution < 1.29 is 17.9 Å². The Kier molecular flexibility index (Phi) is 4.15. The number of aromatic hydroxyl groups is 1. The van der Waals surface area contributed by atoms with E-state index in [1.807, 2.05) is 0 Å². The molecule has 21 heavy (non-hydrogen) atoms. The van der Waals surface area contributed by atoms with Gasteiger partial charge in [0.2, 0.25) is 10.0 Å². The number of anilines is 1. The number of nitrogens with one attached hydrogen (secondary N) is 1. The molecule has 7 heteroatoms. The van der Waals surface area contributed by atoms with Crippen LogP contribution in [0.25, 0.3) is 0 Å². The van der Waals surface area contributed by atoms with Gasteiger partial charge >= 0.3 is 0 Å². The first-order valence-electron chi connectivity index (χ1n) is 6.13. The van der Waals surface area contributed by atoms with Crippen molar-refractivity contribution in [3.8, 4) is 5.75 Å². The van der Waals surface area contributed by atoms with Crippen molar-refractivity contribution in [2.24, 2.45) is 0 Å². The van der Waals surface area contributed by atoms with Crippen molar-refractivity contribution in [1.82, 2.24) is 4.72 Å². The van der Waals surface area contributed by atoms with E-state index in [2.05, 4.69) is 4.72 Å². The van der Waals surface area contributed by atoms with Gasteiger partial charge in [0.05, 0.1) is 4.90 Å². The maximum atomic E-state index is 13.2. The second-order valence-electron chi connectivity index (χ2n) is 4.62. The summed E-state index contributed by atoms with van der Waals surface area (Å²) in [7, 11) is -3.88. The number of nitrogens with two attached hydrogens (primary N) is 1. The number of benzene rings is 2. The first kappa shape index (κ1) is 15.3. The predicted octanol–water partition coefficient (Wildman–Crippen LogP) is 1.90. The smallest absolute Gasteiger partial charge is 0.241 e. The third kappa shape index (κ3) is 3.50. The topological polar surface area (TPSA) is 92.4 Å². The molecule has 0 spiro atoms. The molecule has 0 radical (unpaired) electrons. The zero-order valence-electron chi connectivity index (χ0n) is 11.3. The number of phenols is 1. The highest BCUT2D eigenvalue weighted by Crippen LogP contribution is 2.21. The highest BCUT2D eigenvalue weighted by atomic mass is 32.2. The van der Waals surface area contributed by atoms with E-state index >= 15 is 0 Å². The summed E-state index contributed by atoms with van der Waals surface area (Å²) in [5.41, 5.74) is 6.76. The van der Waals surface area contributed by atoms with Gasteiger partial charge in [-0.25, -0.2) is 17.5 Å². The maximum Gasteiger partial charge on any atom is 0.241 e. The quantitative estimate of drug-likeness (QED) is 0.594. The van der Waals surface area contributed by atoms with E-state index in [4.69, 9.17) is 5.73 Å². The molecule has 4 N–H and O–H groups in total. The summed E-state index contributed by atoms with van der Waals surface area (Å²) in [6, 6.07) is 7.89. The Morgan fingerprint density at radius 3 is 2.67 bits per heavy atom. The predicted molar refractivity (Wildman–Crippen MR) is 77.7 cm³/mol. The number of aryl methyl sites for hydroxylation is 1. The summed E-state index contributed by atoms with van der Waals surface area (Å²) in [5, 5.41) is 9.65. The Labute approximate surface area is 122 Å². The molecule has 5 nitrogen and oxygen atoms in total. The lowest BCUT2D eigenvalue weighted by Crippen LogP contribution is -2.24. The molecule has 0 atom stereocenters. The molecule has 2 aromatic rings. The Hall–Kier alpha value is -2.12. The normalized spacial score (nSPS) is 11.5. The second-order valence-corrected chi connectivity index (χ2v) is 6.36. The molecule has 0 bridgehead atoms. The van der Waals surface area contributed by atoms with Crippen molar-refractivity contribution >= 4 is 15.7 Å². The Balaban J connectivity index is 2.26. The van der Waals surface area contributed by atoms with Gasteiger partial charge in [-0.1, -0.05) is 6.07 Å². The lowest BCUT2D eigenvalue weighted by atomic mass is 10.2. The zero-order chi connectivity index (χ0) is 15.6. The molecule has 0 aliphatic rings. The minimum Gasteiger partial charge on any atom is -0.508 e. The standard InChI is InChI=1S/C14H15FN2O3S/c1-9-2-3-11(15)7-14(9)21(19,20)17-8-10-6-12(16)4-5-13(10)18/h2-7,17-18H,8,16H2,1H3. The molecule has 0 saturated heterocycles. The summed E-state index contributed by atoms with van der Waals surface area (Å²) in [5.74, 6) is -0.698. The van der Waals surface area contributed by atoms with Crippen molar-refractivity contribution in [3.05, 3.63) is 53.3 Å². The van der Waals surface area contributed by atoms with Crippen LogP contribution in [-0.4, -0.2) is 13.5 Å². The minimum absolute atomic E-state index is 0.0668. The molecular weight excluding hydrogens is 295 g/mol. The maximum absolute atomic E-state index is 13.2. The molecule has 0 heterocycles. The van der Waals surface area contributed by atoms with Crippen LogP contribution in [0, 0.1) is 12.7 Å². The van der Waals surface area contributed by atoms with E-state index in [-0.39, 0.29) is 17.2 Å². The fourth-order valence-corrected chi connectivity index (χ4v) is 3.12.